The number of rotatable bonds is 7. The SMILES string of the molecule is CCOCCn1nnc(CCN)c1C1CCC1. The predicted octanol–water partition coefficient (Wildman–Crippen LogP) is 1.08. The van der Waals surface area contributed by atoms with E-state index in [1.54, 1.807) is 0 Å². The Kier molecular flexibility index (Phi) is 4.50. The van der Waals surface area contributed by atoms with Crippen LogP contribution in [0.3, 0.4) is 0 Å². The fraction of sp³-hybridized carbons (Fsp3) is 0.833. The van der Waals surface area contributed by atoms with Crippen molar-refractivity contribution in [2.24, 2.45) is 5.73 Å². The molecule has 2 N–H and O–H groups in total. The molecule has 17 heavy (non-hydrogen) atoms. The second-order valence-corrected chi connectivity index (χ2v) is 4.51. The molecule has 5 heteroatoms. The zero-order valence-electron chi connectivity index (χ0n) is 10.6. The van der Waals surface area contributed by atoms with Gasteiger partial charge in [0.1, 0.15) is 0 Å². The van der Waals surface area contributed by atoms with Crippen molar-refractivity contribution in [3.05, 3.63) is 11.4 Å². The Morgan fingerprint density at radius 1 is 1.47 bits per heavy atom. The fourth-order valence-corrected chi connectivity index (χ4v) is 2.26. The van der Waals surface area contributed by atoms with Gasteiger partial charge in [-0.2, -0.15) is 0 Å². The van der Waals surface area contributed by atoms with E-state index in [0.717, 1.165) is 25.3 Å². The lowest BCUT2D eigenvalue weighted by atomic mass is 9.81. The van der Waals surface area contributed by atoms with E-state index in [1.165, 1.54) is 25.0 Å². The number of aromatic nitrogens is 3. The third kappa shape index (κ3) is 2.84. The van der Waals surface area contributed by atoms with E-state index in [-0.39, 0.29) is 0 Å². The molecule has 2 rings (SSSR count). The van der Waals surface area contributed by atoms with Gasteiger partial charge in [-0.25, -0.2) is 4.68 Å². The van der Waals surface area contributed by atoms with Crippen LogP contribution in [-0.4, -0.2) is 34.8 Å². The molecule has 1 aromatic heterocycles. The highest BCUT2D eigenvalue weighted by atomic mass is 16.5. The molecule has 0 atom stereocenters. The van der Waals surface area contributed by atoms with Gasteiger partial charge in [0.05, 0.1) is 24.5 Å². The second kappa shape index (κ2) is 6.12. The van der Waals surface area contributed by atoms with E-state index < -0.39 is 0 Å². The summed E-state index contributed by atoms with van der Waals surface area (Å²) in [6.45, 7) is 4.92. The van der Waals surface area contributed by atoms with Crippen LogP contribution in [0, 0.1) is 0 Å². The average molecular weight is 238 g/mol. The highest BCUT2D eigenvalue weighted by Crippen LogP contribution is 2.37. The van der Waals surface area contributed by atoms with Gasteiger partial charge in [-0.3, -0.25) is 0 Å². The van der Waals surface area contributed by atoms with Crippen LogP contribution >= 0.6 is 0 Å². The quantitative estimate of drug-likeness (QED) is 0.722. The molecule has 0 saturated heterocycles. The van der Waals surface area contributed by atoms with Crippen molar-refractivity contribution in [1.29, 1.82) is 0 Å². The highest BCUT2D eigenvalue weighted by molar-refractivity contribution is 5.18. The fourth-order valence-electron chi connectivity index (χ4n) is 2.26. The number of ether oxygens (including phenoxy) is 1. The summed E-state index contributed by atoms with van der Waals surface area (Å²) in [4.78, 5) is 0. The standard InChI is InChI=1S/C12H22N4O/c1-2-17-9-8-16-12(10-4-3-5-10)11(6-7-13)14-15-16/h10H,2-9,13H2,1H3. The first-order valence-electron chi connectivity index (χ1n) is 6.56. The minimum absolute atomic E-state index is 0.643. The summed E-state index contributed by atoms with van der Waals surface area (Å²) in [6, 6.07) is 0. The molecule has 1 aromatic rings. The molecule has 1 heterocycles. The summed E-state index contributed by atoms with van der Waals surface area (Å²) < 4.78 is 7.40. The maximum absolute atomic E-state index is 5.62. The molecule has 0 amide bonds. The molecule has 0 radical (unpaired) electrons. The monoisotopic (exact) mass is 238 g/mol. The van der Waals surface area contributed by atoms with Crippen LogP contribution < -0.4 is 5.73 Å². The second-order valence-electron chi connectivity index (χ2n) is 4.51. The van der Waals surface area contributed by atoms with Gasteiger partial charge in [0.2, 0.25) is 0 Å². The highest BCUT2D eigenvalue weighted by Gasteiger charge is 2.27. The van der Waals surface area contributed by atoms with E-state index in [0.29, 0.717) is 19.1 Å². The minimum atomic E-state index is 0.643. The third-order valence-electron chi connectivity index (χ3n) is 3.37. The smallest absolute Gasteiger partial charge is 0.0874 e. The normalized spacial score (nSPS) is 16.1. The molecular weight excluding hydrogens is 216 g/mol. The zero-order chi connectivity index (χ0) is 12.1. The first-order valence-corrected chi connectivity index (χ1v) is 6.56. The molecule has 5 nitrogen and oxygen atoms in total. The first-order chi connectivity index (χ1) is 8.36. The van der Waals surface area contributed by atoms with Crippen LogP contribution in [0.1, 0.15) is 43.5 Å². The molecule has 0 spiro atoms. The minimum Gasteiger partial charge on any atom is -0.380 e. The van der Waals surface area contributed by atoms with Crippen LogP contribution in [0.5, 0.6) is 0 Å². The Balaban J connectivity index is 2.07. The Hall–Kier alpha value is -0.940. The summed E-state index contributed by atoms with van der Waals surface area (Å²) in [5.41, 5.74) is 8.02. The summed E-state index contributed by atoms with van der Waals surface area (Å²) in [5, 5.41) is 8.51. The van der Waals surface area contributed by atoms with Crippen molar-refractivity contribution in [2.45, 2.75) is 45.1 Å². The lowest BCUT2D eigenvalue weighted by Crippen LogP contribution is -2.19. The van der Waals surface area contributed by atoms with Gasteiger partial charge in [-0.1, -0.05) is 11.6 Å². The molecule has 0 unspecified atom stereocenters. The lowest BCUT2D eigenvalue weighted by Gasteiger charge is -2.26. The topological polar surface area (TPSA) is 66.0 Å². The predicted molar refractivity (Wildman–Crippen MR) is 65.9 cm³/mol. The summed E-state index contributed by atoms with van der Waals surface area (Å²) in [5.74, 6) is 0.646. The third-order valence-corrected chi connectivity index (χ3v) is 3.37. The molecule has 0 aliphatic heterocycles. The summed E-state index contributed by atoms with van der Waals surface area (Å²) in [6.07, 6.45) is 4.68. The van der Waals surface area contributed by atoms with Gasteiger partial charge < -0.3 is 10.5 Å². The molecule has 1 aliphatic carbocycles. The average Bonchev–Trinajstić information content (AvgIpc) is 2.62. The molecule has 1 fully saturated rings. The van der Waals surface area contributed by atoms with Gasteiger partial charge >= 0.3 is 0 Å². The van der Waals surface area contributed by atoms with E-state index in [4.69, 9.17) is 10.5 Å². The zero-order valence-corrected chi connectivity index (χ0v) is 10.6. The van der Waals surface area contributed by atoms with Crippen molar-refractivity contribution in [2.75, 3.05) is 19.8 Å². The Bertz CT molecular complexity index is 346. The molecule has 96 valence electrons. The van der Waals surface area contributed by atoms with Gasteiger partial charge in [-0.05, 0) is 26.3 Å². The lowest BCUT2D eigenvalue weighted by molar-refractivity contribution is 0.134. The van der Waals surface area contributed by atoms with E-state index in [2.05, 4.69) is 10.3 Å². The maximum atomic E-state index is 5.62. The number of nitrogens with zero attached hydrogens (tertiary/aromatic N) is 3. The van der Waals surface area contributed by atoms with Crippen LogP contribution in [0.2, 0.25) is 0 Å². The van der Waals surface area contributed by atoms with Crippen molar-refractivity contribution in [3.8, 4) is 0 Å². The molecular formula is C12H22N4O. The first kappa shape index (κ1) is 12.5. The molecule has 1 aliphatic rings. The molecule has 0 bridgehead atoms. The van der Waals surface area contributed by atoms with Crippen LogP contribution in [0.4, 0.5) is 0 Å². The van der Waals surface area contributed by atoms with Gasteiger partial charge in [0, 0.05) is 18.9 Å². The van der Waals surface area contributed by atoms with Crippen molar-refractivity contribution in [1.82, 2.24) is 15.0 Å². The van der Waals surface area contributed by atoms with Gasteiger partial charge in [0.25, 0.3) is 0 Å². The van der Waals surface area contributed by atoms with Crippen LogP contribution in [0.15, 0.2) is 0 Å². The van der Waals surface area contributed by atoms with Gasteiger partial charge in [0.15, 0.2) is 0 Å². The molecule has 0 aromatic carbocycles. The number of nitrogens with two attached hydrogens (primary N) is 1. The number of hydrogen-bond donors (Lipinski definition) is 1. The Morgan fingerprint density at radius 2 is 2.29 bits per heavy atom. The maximum Gasteiger partial charge on any atom is 0.0874 e. The number of hydrogen-bond acceptors (Lipinski definition) is 4. The van der Waals surface area contributed by atoms with Crippen molar-refractivity contribution >= 4 is 0 Å². The van der Waals surface area contributed by atoms with Gasteiger partial charge in [-0.15, -0.1) is 5.10 Å². The van der Waals surface area contributed by atoms with Crippen LogP contribution in [0.25, 0.3) is 0 Å². The Morgan fingerprint density at radius 3 is 2.88 bits per heavy atom. The van der Waals surface area contributed by atoms with Crippen LogP contribution in [-0.2, 0) is 17.7 Å². The van der Waals surface area contributed by atoms with E-state index in [1.807, 2.05) is 11.6 Å². The Labute approximate surface area is 102 Å². The van der Waals surface area contributed by atoms with Crippen molar-refractivity contribution < 1.29 is 4.74 Å². The summed E-state index contributed by atoms with van der Waals surface area (Å²) in [7, 11) is 0. The van der Waals surface area contributed by atoms with E-state index in [9.17, 15) is 0 Å². The van der Waals surface area contributed by atoms with Crippen molar-refractivity contribution in [3.63, 3.8) is 0 Å². The largest absolute Gasteiger partial charge is 0.380 e. The van der Waals surface area contributed by atoms with E-state index >= 15 is 0 Å². The molecule has 1 saturated carbocycles. The summed E-state index contributed by atoms with van der Waals surface area (Å²) >= 11 is 0.